The van der Waals surface area contributed by atoms with E-state index in [4.69, 9.17) is 10.9 Å². The first-order chi connectivity index (χ1) is 8.95. The zero-order valence-electron chi connectivity index (χ0n) is 11.9. The predicted molar refractivity (Wildman–Crippen MR) is 75.1 cm³/mol. The maximum Gasteiger partial charge on any atom is 0.234 e. The lowest BCUT2D eigenvalue weighted by atomic mass is 9.86. The molecule has 0 saturated heterocycles. The van der Waals surface area contributed by atoms with Crippen LogP contribution in [0.2, 0.25) is 0 Å². The summed E-state index contributed by atoms with van der Waals surface area (Å²) >= 11 is 0. The maximum atomic E-state index is 11.4. The molecule has 1 fully saturated rings. The Balaban J connectivity index is 1.99. The summed E-state index contributed by atoms with van der Waals surface area (Å²) in [5.74, 6) is 0.351. The fourth-order valence-electron chi connectivity index (χ4n) is 1.79. The molecule has 0 aromatic heterocycles. The van der Waals surface area contributed by atoms with E-state index >= 15 is 0 Å². The molecular formula is C13H26N4O2. The van der Waals surface area contributed by atoms with Gasteiger partial charge >= 0.3 is 0 Å². The monoisotopic (exact) mass is 270 g/mol. The zero-order chi connectivity index (χ0) is 14.3. The third-order valence-corrected chi connectivity index (χ3v) is 3.43. The summed E-state index contributed by atoms with van der Waals surface area (Å²) < 4.78 is 0. The first-order valence-electron chi connectivity index (χ1n) is 6.94. The largest absolute Gasteiger partial charge is 0.409 e. The molecule has 6 nitrogen and oxygen atoms in total. The van der Waals surface area contributed by atoms with Crippen molar-refractivity contribution in [2.24, 2.45) is 16.3 Å². The van der Waals surface area contributed by atoms with Gasteiger partial charge in [-0.3, -0.25) is 4.79 Å². The van der Waals surface area contributed by atoms with E-state index in [9.17, 15) is 4.79 Å². The molecule has 0 atom stereocenters. The number of unbranched alkanes of at least 4 members (excludes halogenated alkanes) is 1. The molecule has 1 aliphatic carbocycles. The number of rotatable bonds is 9. The quantitative estimate of drug-likeness (QED) is 0.164. The first-order valence-corrected chi connectivity index (χ1v) is 6.94. The number of carbonyl (C=O) groups is 1. The first kappa shape index (κ1) is 15.8. The summed E-state index contributed by atoms with van der Waals surface area (Å²) in [4.78, 5) is 11.4. The number of amidine groups is 1. The number of nitrogens with two attached hydrogens (primary N) is 1. The van der Waals surface area contributed by atoms with Crippen molar-refractivity contribution in [1.29, 1.82) is 0 Å². The van der Waals surface area contributed by atoms with Gasteiger partial charge in [-0.05, 0) is 32.2 Å². The minimum absolute atomic E-state index is 0.0829. The second-order valence-corrected chi connectivity index (χ2v) is 5.84. The molecule has 0 unspecified atom stereocenters. The summed E-state index contributed by atoms with van der Waals surface area (Å²) in [6.45, 7) is 5.11. The predicted octanol–water partition coefficient (Wildman–Crippen LogP) is 0.798. The smallest absolute Gasteiger partial charge is 0.234 e. The van der Waals surface area contributed by atoms with Crippen molar-refractivity contribution in [2.75, 3.05) is 13.1 Å². The van der Waals surface area contributed by atoms with Crippen LogP contribution in [0.3, 0.4) is 0 Å². The highest BCUT2D eigenvalue weighted by atomic mass is 16.4. The molecule has 1 saturated carbocycles. The van der Waals surface area contributed by atoms with Gasteiger partial charge in [0.2, 0.25) is 5.91 Å². The summed E-state index contributed by atoms with van der Waals surface area (Å²) in [6.07, 6.45) is 5.04. The van der Waals surface area contributed by atoms with E-state index in [0.29, 0.717) is 12.6 Å². The average Bonchev–Trinajstić information content (AvgIpc) is 3.16. The van der Waals surface area contributed by atoms with Crippen LogP contribution in [0.1, 0.15) is 46.0 Å². The van der Waals surface area contributed by atoms with Crippen LogP contribution >= 0.6 is 0 Å². The summed E-state index contributed by atoms with van der Waals surface area (Å²) in [5, 5.41) is 17.8. The van der Waals surface area contributed by atoms with Gasteiger partial charge in [0.25, 0.3) is 0 Å². The van der Waals surface area contributed by atoms with Crippen LogP contribution in [-0.4, -0.2) is 36.1 Å². The number of hydrogen-bond acceptors (Lipinski definition) is 4. The van der Waals surface area contributed by atoms with Crippen molar-refractivity contribution in [1.82, 2.24) is 10.6 Å². The molecule has 1 amide bonds. The number of oxime groups is 1. The molecule has 19 heavy (non-hydrogen) atoms. The minimum atomic E-state index is -0.280. The van der Waals surface area contributed by atoms with Gasteiger partial charge in [0.15, 0.2) is 0 Å². The number of amides is 1. The number of hydrogen-bond donors (Lipinski definition) is 4. The Morgan fingerprint density at radius 1 is 1.42 bits per heavy atom. The summed E-state index contributed by atoms with van der Waals surface area (Å²) in [5.41, 5.74) is 5.34. The molecule has 0 bridgehead atoms. The molecule has 0 heterocycles. The van der Waals surface area contributed by atoms with Gasteiger partial charge in [-0.2, -0.15) is 0 Å². The number of nitrogens with zero attached hydrogens (tertiary/aromatic N) is 1. The molecule has 0 spiro atoms. The molecule has 6 heteroatoms. The van der Waals surface area contributed by atoms with Gasteiger partial charge in [0, 0.05) is 11.5 Å². The van der Waals surface area contributed by atoms with Gasteiger partial charge in [-0.15, -0.1) is 0 Å². The van der Waals surface area contributed by atoms with Crippen LogP contribution in [0.4, 0.5) is 0 Å². The molecule has 0 radical (unpaired) electrons. The van der Waals surface area contributed by atoms with Gasteiger partial charge in [-0.1, -0.05) is 25.4 Å². The highest BCUT2D eigenvalue weighted by molar-refractivity contribution is 5.85. The van der Waals surface area contributed by atoms with Crippen molar-refractivity contribution >= 4 is 11.7 Å². The van der Waals surface area contributed by atoms with Crippen molar-refractivity contribution in [3.63, 3.8) is 0 Å². The van der Waals surface area contributed by atoms with Crippen molar-refractivity contribution in [2.45, 2.75) is 52.0 Å². The average molecular weight is 270 g/mol. The molecule has 110 valence electrons. The lowest BCUT2D eigenvalue weighted by Crippen LogP contribution is -2.35. The van der Waals surface area contributed by atoms with E-state index in [-0.39, 0.29) is 17.2 Å². The zero-order valence-corrected chi connectivity index (χ0v) is 11.9. The molecule has 1 aliphatic rings. The van der Waals surface area contributed by atoms with Gasteiger partial charge in [0.05, 0.1) is 6.54 Å². The van der Waals surface area contributed by atoms with Crippen LogP contribution in [0.25, 0.3) is 0 Å². The van der Waals surface area contributed by atoms with Crippen molar-refractivity contribution in [3.05, 3.63) is 0 Å². The highest BCUT2D eigenvalue weighted by Crippen LogP contribution is 2.23. The van der Waals surface area contributed by atoms with Gasteiger partial charge in [0.1, 0.15) is 5.84 Å². The van der Waals surface area contributed by atoms with Crippen molar-refractivity contribution < 1.29 is 10.0 Å². The summed E-state index contributed by atoms with van der Waals surface area (Å²) in [7, 11) is 0. The van der Waals surface area contributed by atoms with E-state index in [1.54, 1.807) is 0 Å². The Kier molecular flexibility index (Phi) is 6.08. The van der Waals surface area contributed by atoms with E-state index in [1.807, 2.05) is 13.8 Å². The lowest BCUT2D eigenvalue weighted by Gasteiger charge is -2.22. The lowest BCUT2D eigenvalue weighted by molar-refractivity contribution is -0.120. The molecular weight excluding hydrogens is 244 g/mol. The van der Waals surface area contributed by atoms with Gasteiger partial charge < -0.3 is 21.6 Å². The Labute approximate surface area is 114 Å². The van der Waals surface area contributed by atoms with Crippen LogP contribution < -0.4 is 16.4 Å². The maximum absolute atomic E-state index is 11.4. The Morgan fingerprint density at radius 3 is 2.68 bits per heavy atom. The SMILES string of the molecule is CC(C)(CCCCNCC(=O)NC1CC1)C(N)=NO. The minimum Gasteiger partial charge on any atom is -0.409 e. The second-order valence-electron chi connectivity index (χ2n) is 5.84. The van der Waals surface area contributed by atoms with E-state index in [0.717, 1.165) is 38.6 Å². The van der Waals surface area contributed by atoms with E-state index in [2.05, 4.69) is 15.8 Å². The van der Waals surface area contributed by atoms with Crippen LogP contribution in [-0.2, 0) is 4.79 Å². The normalized spacial score (nSPS) is 16.4. The molecule has 0 aromatic carbocycles. The van der Waals surface area contributed by atoms with Crippen LogP contribution in [0, 0.1) is 5.41 Å². The topological polar surface area (TPSA) is 99.7 Å². The Morgan fingerprint density at radius 2 is 2.11 bits per heavy atom. The second kappa shape index (κ2) is 7.33. The summed E-state index contributed by atoms with van der Waals surface area (Å²) in [6, 6.07) is 0.427. The molecule has 5 N–H and O–H groups in total. The van der Waals surface area contributed by atoms with E-state index < -0.39 is 0 Å². The Hall–Kier alpha value is -1.30. The molecule has 1 rings (SSSR count). The number of nitrogens with one attached hydrogen (secondary N) is 2. The standard InChI is InChI=1S/C13H26N4O2/c1-13(2,12(14)17-19)7-3-4-8-15-9-11(18)16-10-5-6-10/h10,15,19H,3-9H2,1-2H3,(H2,14,17)(H,16,18). The van der Waals surface area contributed by atoms with E-state index in [1.165, 1.54) is 0 Å². The highest BCUT2D eigenvalue weighted by Gasteiger charge is 2.23. The molecule has 0 aliphatic heterocycles. The third-order valence-electron chi connectivity index (χ3n) is 3.43. The Bertz CT molecular complexity index is 325. The fourth-order valence-corrected chi connectivity index (χ4v) is 1.79. The fraction of sp³-hybridized carbons (Fsp3) is 0.846. The molecule has 0 aromatic rings. The van der Waals surface area contributed by atoms with Gasteiger partial charge in [-0.25, -0.2) is 0 Å². The third kappa shape index (κ3) is 6.42. The van der Waals surface area contributed by atoms with Crippen LogP contribution in [0.5, 0.6) is 0 Å². The number of carbonyl (C=O) groups excluding carboxylic acids is 1. The van der Waals surface area contributed by atoms with Crippen molar-refractivity contribution in [3.8, 4) is 0 Å². The van der Waals surface area contributed by atoms with Crippen LogP contribution in [0.15, 0.2) is 5.16 Å².